The van der Waals surface area contributed by atoms with Gasteiger partial charge in [-0.2, -0.15) is 4.31 Å². The molecule has 2 atom stereocenters. The van der Waals surface area contributed by atoms with E-state index in [1.54, 1.807) is 20.8 Å². The molecule has 1 N–H and O–H groups in total. The van der Waals surface area contributed by atoms with Crippen molar-refractivity contribution in [2.75, 3.05) is 31.6 Å². The van der Waals surface area contributed by atoms with Gasteiger partial charge in [-0.05, 0) is 37.5 Å². The van der Waals surface area contributed by atoms with E-state index < -0.39 is 22.5 Å². The molecule has 1 aliphatic carbocycles. The van der Waals surface area contributed by atoms with E-state index >= 15 is 0 Å². The Morgan fingerprint density at radius 1 is 1.21 bits per heavy atom. The Bertz CT molecular complexity index is 820. The van der Waals surface area contributed by atoms with Gasteiger partial charge in [-0.3, -0.25) is 9.59 Å². The van der Waals surface area contributed by atoms with Crippen LogP contribution in [0.15, 0.2) is 23.1 Å². The number of amides is 1. The number of hydrogen-bond acceptors (Lipinski definition) is 6. The lowest BCUT2D eigenvalue weighted by atomic mass is 10.3. The Balaban J connectivity index is 2.16. The van der Waals surface area contributed by atoms with Crippen LogP contribution in [0.1, 0.15) is 34.1 Å². The second kappa shape index (κ2) is 9.38. The van der Waals surface area contributed by atoms with Crippen molar-refractivity contribution >= 4 is 27.6 Å². The summed E-state index contributed by atoms with van der Waals surface area (Å²) in [5.74, 6) is -0.432. The number of benzene rings is 1. The van der Waals surface area contributed by atoms with Crippen LogP contribution in [0.5, 0.6) is 5.75 Å². The molecule has 28 heavy (non-hydrogen) atoms. The van der Waals surface area contributed by atoms with Crippen LogP contribution in [0.2, 0.25) is 0 Å². The van der Waals surface area contributed by atoms with Gasteiger partial charge in [0, 0.05) is 13.1 Å². The molecule has 0 heterocycles. The van der Waals surface area contributed by atoms with Gasteiger partial charge in [-0.15, -0.1) is 0 Å². The molecule has 8 nitrogen and oxygen atoms in total. The summed E-state index contributed by atoms with van der Waals surface area (Å²) in [4.78, 5) is 24.0. The molecule has 0 saturated heterocycles. The summed E-state index contributed by atoms with van der Waals surface area (Å²) in [5, 5.41) is 2.58. The molecule has 1 aromatic rings. The zero-order chi connectivity index (χ0) is 20.9. The summed E-state index contributed by atoms with van der Waals surface area (Å²) < 4.78 is 37.3. The van der Waals surface area contributed by atoms with Crippen LogP contribution in [-0.4, -0.2) is 50.9 Å². The lowest BCUT2D eigenvalue weighted by Crippen LogP contribution is -2.30. The highest BCUT2D eigenvalue weighted by molar-refractivity contribution is 7.89. The molecule has 0 spiro atoms. The number of carbonyl (C=O) groups is 2. The van der Waals surface area contributed by atoms with E-state index in [1.807, 2.05) is 6.92 Å². The first-order valence-electron chi connectivity index (χ1n) is 9.48. The molecule has 156 valence electrons. The summed E-state index contributed by atoms with van der Waals surface area (Å²) in [7, 11) is -3.68. The number of ether oxygens (including phenoxy) is 2. The molecule has 2 rings (SSSR count). The number of carbonyl (C=O) groups excluding carboxylic acids is 2. The molecular formula is C19H28N2O6S. The van der Waals surface area contributed by atoms with Crippen LogP contribution < -0.4 is 10.1 Å². The van der Waals surface area contributed by atoms with Crippen molar-refractivity contribution in [2.45, 2.75) is 39.0 Å². The standard InChI is InChI=1S/C19H28N2O6S/c1-5-21(6-2)28(24,25)14-8-9-17(26-7-3)16(11-14)20-18(22)12-27-19(23)15-10-13(15)4/h8-9,11,13,15H,5-7,10,12H2,1-4H3,(H,20,22)/t13-,15-/m1/s1. The number of nitrogens with zero attached hydrogens (tertiary/aromatic N) is 1. The highest BCUT2D eigenvalue weighted by atomic mass is 32.2. The van der Waals surface area contributed by atoms with Crippen molar-refractivity contribution in [3.63, 3.8) is 0 Å². The smallest absolute Gasteiger partial charge is 0.309 e. The van der Waals surface area contributed by atoms with E-state index in [0.717, 1.165) is 6.42 Å². The normalized spacial score (nSPS) is 18.6. The molecule has 0 radical (unpaired) electrons. The predicted molar refractivity (Wildman–Crippen MR) is 105 cm³/mol. The number of rotatable bonds is 10. The van der Waals surface area contributed by atoms with Crippen LogP contribution in [0.4, 0.5) is 5.69 Å². The van der Waals surface area contributed by atoms with E-state index in [-0.39, 0.29) is 22.5 Å². The van der Waals surface area contributed by atoms with Gasteiger partial charge in [0.25, 0.3) is 5.91 Å². The molecule has 9 heteroatoms. The summed E-state index contributed by atoms with van der Waals surface area (Å²) in [6, 6.07) is 4.32. The molecule has 1 fully saturated rings. The van der Waals surface area contributed by atoms with Crippen molar-refractivity contribution in [1.82, 2.24) is 4.31 Å². The van der Waals surface area contributed by atoms with Crippen molar-refractivity contribution < 1.29 is 27.5 Å². The van der Waals surface area contributed by atoms with Gasteiger partial charge < -0.3 is 14.8 Å². The van der Waals surface area contributed by atoms with E-state index in [2.05, 4.69) is 5.32 Å². The largest absolute Gasteiger partial charge is 0.492 e. The van der Waals surface area contributed by atoms with Gasteiger partial charge in [-0.1, -0.05) is 20.8 Å². The molecular weight excluding hydrogens is 384 g/mol. The number of nitrogens with one attached hydrogen (secondary N) is 1. The van der Waals surface area contributed by atoms with Crippen LogP contribution >= 0.6 is 0 Å². The molecule has 0 bridgehead atoms. The first-order valence-corrected chi connectivity index (χ1v) is 10.9. The Morgan fingerprint density at radius 2 is 1.86 bits per heavy atom. The predicted octanol–water partition coefficient (Wildman–Crippen LogP) is 2.25. The minimum Gasteiger partial charge on any atom is -0.492 e. The van der Waals surface area contributed by atoms with Gasteiger partial charge in [0.05, 0.1) is 23.1 Å². The SMILES string of the molecule is CCOc1ccc(S(=O)(=O)N(CC)CC)cc1NC(=O)COC(=O)[C@@H]1C[C@H]1C. The summed E-state index contributed by atoms with van der Waals surface area (Å²) in [5.41, 5.74) is 0.218. The van der Waals surface area contributed by atoms with Gasteiger partial charge in [0.1, 0.15) is 5.75 Å². The fraction of sp³-hybridized carbons (Fsp3) is 0.579. The molecule has 0 aliphatic heterocycles. The van der Waals surface area contributed by atoms with E-state index in [9.17, 15) is 18.0 Å². The average molecular weight is 413 g/mol. The van der Waals surface area contributed by atoms with Crippen LogP contribution in [0.3, 0.4) is 0 Å². The van der Waals surface area contributed by atoms with E-state index in [1.165, 1.54) is 22.5 Å². The third-order valence-corrected chi connectivity index (χ3v) is 6.67. The second-order valence-corrected chi connectivity index (χ2v) is 8.59. The highest BCUT2D eigenvalue weighted by Gasteiger charge is 2.40. The first-order chi connectivity index (χ1) is 13.2. The molecule has 1 saturated carbocycles. The van der Waals surface area contributed by atoms with Crippen molar-refractivity contribution in [3.05, 3.63) is 18.2 Å². The Labute approximate surface area is 166 Å². The molecule has 1 aromatic carbocycles. The monoisotopic (exact) mass is 412 g/mol. The van der Waals surface area contributed by atoms with Gasteiger partial charge in [-0.25, -0.2) is 8.42 Å². The van der Waals surface area contributed by atoms with Gasteiger partial charge in [0.2, 0.25) is 10.0 Å². The first kappa shape index (κ1) is 22.2. The van der Waals surface area contributed by atoms with Gasteiger partial charge in [0.15, 0.2) is 6.61 Å². The quantitative estimate of drug-likeness (QED) is 0.592. The number of hydrogen-bond donors (Lipinski definition) is 1. The van der Waals surface area contributed by atoms with Crippen LogP contribution in [0, 0.1) is 11.8 Å². The van der Waals surface area contributed by atoms with Crippen molar-refractivity contribution in [1.29, 1.82) is 0 Å². The molecule has 0 aromatic heterocycles. The van der Waals surface area contributed by atoms with Crippen molar-refractivity contribution in [3.8, 4) is 5.75 Å². The second-order valence-electron chi connectivity index (χ2n) is 6.66. The molecule has 1 aliphatic rings. The third kappa shape index (κ3) is 5.23. The lowest BCUT2D eigenvalue weighted by molar-refractivity contribution is -0.148. The summed E-state index contributed by atoms with van der Waals surface area (Å²) in [6.45, 7) is 7.83. The minimum absolute atomic E-state index is 0.0544. The highest BCUT2D eigenvalue weighted by Crippen LogP contribution is 2.38. The Kier molecular flexibility index (Phi) is 7.42. The fourth-order valence-corrected chi connectivity index (χ4v) is 4.33. The van der Waals surface area contributed by atoms with Gasteiger partial charge >= 0.3 is 5.97 Å². The van der Waals surface area contributed by atoms with Crippen LogP contribution in [-0.2, 0) is 24.3 Å². The topological polar surface area (TPSA) is 102 Å². The molecule has 1 amide bonds. The Hall–Kier alpha value is -2.13. The summed E-state index contributed by atoms with van der Waals surface area (Å²) >= 11 is 0. The third-order valence-electron chi connectivity index (χ3n) is 4.63. The van der Waals surface area contributed by atoms with E-state index in [0.29, 0.717) is 31.4 Å². The minimum atomic E-state index is -3.68. The lowest BCUT2D eigenvalue weighted by Gasteiger charge is -2.20. The Morgan fingerprint density at radius 3 is 2.39 bits per heavy atom. The molecule has 0 unspecified atom stereocenters. The number of sulfonamides is 1. The number of esters is 1. The zero-order valence-corrected chi connectivity index (χ0v) is 17.5. The maximum Gasteiger partial charge on any atom is 0.309 e. The van der Waals surface area contributed by atoms with Crippen molar-refractivity contribution in [2.24, 2.45) is 11.8 Å². The van der Waals surface area contributed by atoms with Crippen LogP contribution in [0.25, 0.3) is 0 Å². The fourth-order valence-electron chi connectivity index (χ4n) is 2.84. The zero-order valence-electron chi connectivity index (χ0n) is 16.7. The maximum absolute atomic E-state index is 12.7. The van der Waals surface area contributed by atoms with E-state index in [4.69, 9.17) is 9.47 Å². The number of anilines is 1. The maximum atomic E-state index is 12.7. The average Bonchev–Trinajstić information content (AvgIpc) is 3.39. The summed E-state index contributed by atoms with van der Waals surface area (Å²) in [6.07, 6.45) is 0.778.